The molecule has 5 heteroatoms. The summed E-state index contributed by atoms with van der Waals surface area (Å²) >= 11 is 1.58. The number of aryl methyl sites for hydroxylation is 1. The van der Waals surface area contributed by atoms with Crippen molar-refractivity contribution in [3.63, 3.8) is 0 Å². The third kappa shape index (κ3) is 3.79. The van der Waals surface area contributed by atoms with Crippen LogP contribution in [0.15, 0.2) is 58.2 Å². The lowest BCUT2D eigenvalue weighted by Crippen LogP contribution is -2.24. The molecule has 0 fully saturated rings. The second-order valence-corrected chi connectivity index (χ2v) is 6.37. The van der Waals surface area contributed by atoms with Crippen LogP contribution in [0, 0.1) is 0 Å². The van der Waals surface area contributed by atoms with Gasteiger partial charge in [0.25, 0.3) is 0 Å². The molecule has 1 aromatic carbocycles. The number of hydrogen-bond acceptors (Lipinski definition) is 3. The number of nitrogens with zero attached hydrogens (tertiary/aromatic N) is 1. The lowest BCUT2D eigenvalue weighted by atomic mass is 10.2. The van der Waals surface area contributed by atoms with Gasteiger partial charge in [0, 0.05) is 28.5 Å². The largest absolute Gasteiger partial charge is 0.467 e. The molecule has 2 aromatic heterocycles. The molecule has 0 bridgehead atoms. The first-order chi connectivity index (χ1) is 11.3. The monoisotopic (exact) mass is 328 g/mol. The Balaban J connectivity index is 1.63. The van der Waals surface area contributed by atoms with E-state index in [9.17, 15) is 4.79 Å². The zero-order valence-corrected chi connectivity index (χ0v) is 13.9. The van der Waals surface area contributed by atoms with Gasteiger partial charge >= 0.3 is 0 Å². The third-order valence-corrected chi connectivity index (χ3v) is 4.66. The van der Waals surface area contributed by atoms with Gasteiger partial charge in [0.2, 0.25) is 5.91 Å². The van der Waals surface area contributed by atoms with Crippen molar-refractivity contribution < 1.29 is 9.21 Å². The van der Waals surface area contributed by atoms with Gasteiger partial charge in [-0.15, -0.1) is 11.8 Å². The number of carbonyl (C=O) groups excluding carboxylic acids is 1. The molecule has 0 unspecified atom stereocenters. The van der Waals surface area contributed by atoms with Crippen molar-refractivity contribution in [3.05, 3.63) is 54.6 Å². The number of para-hydroxylation sites is 1. The molecule has 0 saturated carbocycles. The summed E-state index contributed by atoms with van der Waals surface area (Å²) in [6, 6.07) is 12.0. The molecular weight excluding hydrogens is 308 g/mol. The fraction of sp³-hybridized carbons (Fsp3) is 0.278. The highest BCUT2D eigenvalue weighted by Gasteiger charge is 2.10. The van der Waals surface area contributed by atoms with E-state index >= 15 is 0 Å². The number of amides is 1. The number of aromatic nitrogens is 1. The summed E-state index contributed by atoms with van der Waals surface area (Å²) in [5.41, 5.74) is 1.23. The Morgan fingerprint density at radius 2 is 2.13 bits per heavy atom. The Hall–Kier alpha value is -2.14. The zero-order valence-electron chi connectivity index (χ0n) is 13.1. The second-order valence-electron chi connectivity index (χ2n) is 5.35. The molecule has 23 heavy (non-hydrogen) atoms. The first-order valence-corrected chi connectivity index (χ1v) is 8.76. The molecule has 0 atom stereocenters. The second kappa shape index (κ2) is 7.42. The summed E-state index contributed by atoms with van der Waals surface area (Å²) in [7, 11) is 0. The van der Waals surface area contributed by atoms with Crippen molar-refractivity contribution in [3.8, 4) is 0 Å². The molecule has 2 heterocycles. The van der Waals surface area contributed by atoms with E-state index in [-0.39, 0.29) is 5.91 Å². The average molecular weight is 328 g/mol. The molecule has 3 aromatic rings. The first kappa shape index (κ1) is 15.7. The van der Waals surface area contributed by atoms with Gasteiger partial charge < -0.3 is 14.3 Å². The van der Waals surface area contributed by atoms with E-state index in [1.54, 1.807) is 18.0 Å². The van der Waals surface area contributed by atoms with E-state index < -0.39 is 0 Å². The highest BCUT2D eigenvalue weighted by Crippen LogP contribution is 2.30. The molecule has 1 N–H and O–H groups in total. The summed E-state index contributed by atoms with van der Waals surface area (Å²) in [6.07, 6.45) is 4.85. The van der Waals surface area contributed by atoms with Crippen LogP contribution in [0.4, 0.5) is 0 Å². The quantitative estimate of drug-likeness (QED) is 0.666. The Kier molecular flexibility index (Phi) is 5.08. The van der Waals surface area contributed by atoms with E-state index in [1.807, 2.05) is 18.2 Å². The van der Waals surface area contributed by atoms with Crippen molar-refractivity contribution >= 4 is 28.6 Å². The third-order valence-electron chi connectivity index (χ3n) is 3.62. The zero-order chi connectivity index (χ0) is 16.1. The summed E-state index contributed by atoms with van der Waals surface area (Å²) < 4.78 is 7.47. The highest BCUT2D eigenvalue weighted by molar-refractivity contribution is 8.00. The lowest BCUT2D eigenvalue weighted by molar-refractivity contribution is -0.118. The molecule has 1 amide bonds. The van der Waals surface area contributed by atoms with Crippen LogP contribution in [0.3, 0.4) is 0 Å². The van der Waals surface area contributed by atoms with Crippen LogP contribution in [0.2, 0.25) is 0 Å². The minimum Gasteiger partial charge on any atom is -0.467 e. The van der Waals surface area contributed by atoms with Crippen LogP contribution < -0.4 is 5.32 Å². The minimum absolute atomic E-state index is 0.0127. The number of carbonyl (C=O) groups is 1. The van der Waals surface area contributed by atoms with E-state index in [2.05, 4.69) is 41.2 Å². The maximum atomic E-state index is 12.0. The predicted octanol–water partition coefficient (Wildman–Crippen LogP) is 4.05. The molecule has 3 rings (SSSR count). The number of thioether (sulfide) groups is 1. The first-order valence-electron chi connectivity index (χ1n) is 7.77. The van der Waals surface area contributed by atoms with Crippen LogP contribution in [0.1, 0.15) is 19.1 Å². The van der Waals surface area contributed by atoms with Gasteiger partial charge in [-0.25, -0.2) is 0 Å². The van der Waals surface area contributed by atoms with E-state index in [0.29, 0.717) is 12.3 Å². The Bertz CT molecular complexity index is 778. The lowest BCUT2D eigenvalue weighted by Gasteiger charge is -2.02. The molecule has 0 radical (unpaired) electrons. The van der Waals surface area contributed by atoms with Crippen molar-refractivity contribution in [1.82, 2.24) is 9.88 Å². The molecule has 0 aliphatic rings. The fourth-order valence-corrected chi connectivity index (χ4v) is 3.47. The van der Waals surface area contributed by atoms with Gasteiger partial charge in [-0.05, 0) is 24.6 Å². The number of nitrogens with one attached hydrogen (secondary N) is 1. The number of furan rings is 1. The summed E-state index contributed by atoms with van der Waals surface area (Å²) in [4.78, 5) is 13.2. The molecule has 0 saturated heterocycles. The van der Waals surface area contributed by atoms with Gasteiger partial charge in [-0.1, -0.05) is 25.1 Å². The topological polar surface area (TPSA) is 47.2 Å². The maximum absolute atomic E-state index is 12.0. The van der Waals surface area contributed by atoms with Crippen molar-refractivity contribution in [2.45, 2.75) is 31.3 Å². The van der Waals surface area contributed by atoms with Gasteiger partial charge in [-0.3, -0.25) is 4.79 Å². The number of hydrogen-bond donors (Lipinski definition) is 1. The van der Waals surface area contributed by atoms with Crippen molar-refractivity contribution in [1.29, 1.82) is 0 Å². The smallest absolute Gasteiger partial charge is 0.230 e. The van der Waals surface area contributed by atoms with Crippen LogP contribution >= 0.6 is 11.8 Å². The Morgan fingerprint density at radius 1 is 1.26 bits per heavy atom. The van der Waals surface area contributed by atoms with E-state index in [0.717, 1.165) is 23.6 Å². The number of fused-ring (bicyclic) bond motifs is 1. The van der Waals surface area contributed by atoms with E-state index in [1.165, 1.54) is 10.9 Å². The molecule has 4 nitrogen and oxygen atoms in total. The SMILES string of the molecule is CCCn1cc(SCC(=O)NCc2ccco2)c2ccccc21. The van der Waals surface area contributed by atoms with Crippen molar-refractivity contribution in [2.75, 3.05) is 5.75 Å². The molecule has 120 valence electrons. The van der Waals surface area contributed by atoms with E-state index in [4.69, 9.17) is 4.42 Å². The molecule has 0 spiro atoms. The van der Waals surface area contributed by atoms with Crippen LogP contribution in [-0.4, -0.2) is 16.2 Å². The summed E-state index contributed by atoms with van der Waals surface area (Å²) in [5.74, 6) is 1.18. The standard InChI is InChI=1S/C18H20N2O2S/c1-2-9-20-12-17(15-7-3-4-8-16(15)20)23-13-18(21)19-11-14-6-5-10-22-14/h3-8,10,12H,2,9,11,13H2,1H3,(H,19,21). The summed E-state index contributed by atoms with van der Waals surface area (Å²) in [6.45, 7) is 3.60. The van der Waals surface area contributed by atoms with Gasteiger partial charge in [0.15, 0.2) is 0 Å². The van der Waals surface area contributed by atoms with Crippen LogP contribution in [0.5, 0.6) is 0 Å². The fourth-order valence-electron chi connectivity index (χ4n) is 2.55. The number of benzene rings is 1. The van der Waals surface area contributed by atoms with Crippen LogP contribution in [0.25, 0.3) is 10.9 Å². The summed E-state index contributed by atoms with van der Waals surface area (Å²) in [5, 5.41) is 4.09. The Labute approximate surface area is 139 Å². The van der Waals surface area contributed by atoms with Crippen LogP contribution in [-0.2, 0) is 17.9 Å². The van der Waals surface area contributed by atoms with Gasteiger partial charge in [-0.2, -0.15) is 0 Å². The molecule has 0 aliphatic carbocycles. The minimum atomic E-state index is 0.0127. The van der Waals surface area contributed by atoms with Crippen molar-refractivity contribution in [2.24, 2.45) is 0 Å². The predicted molar refractivity (Wildman–Crippen MR) is 93.5 cm³/mol. The Morgan fingerprint density at radius 3 is 2.91 bits per heavy atom. The highest BCUT2D eigenvalue weighted by atomic mass is 32.2. The van der Waals surface area contributed by atoms with Gasteiger partial charge in [0.1, 0.15) is 5.76 Å². The average Bonchev–Trinajstić information content (AvgIpc) is 3.20. The number of rotatable bonds is 7. The molecular formula is C18H20N2O2S. The van der Waals surface area contributed by atoms with Gasteiger partial charge in [0.05, 0.1) is 18.6 Å². The maximum Gasteiger partial charge on any atom is 0.230 e. The molecule has 0 aliphatic heterocycles. The normalized spacial score (nSPS) is 11.0.